The van der Waals surface area contributed by atoms with Crippen LogP contribution in [0.2, 0.25) is 0 Å². The standard InChI is InChI=1S/C34H48OS2/c1-3-5-7-8-9-10-11-13-16-26-19-21-29-31(24-26)36-34-30-22-20-28(25-32(30)37-33(29)34)27(17-6-4-2)18-14-12-15-23-35/h19-22,24-25,27,35H,3-18,23H2,1-2H3. The molecule has 202 valence electrons. The van der Waals surface area contributed by atoms with Crippen molar-refractivity contribution in [3.8, 4) is 0 Å². The molecular weight excluding hydrogens is 489 g/mol. The summed E-state index contributed by atoms with van der Waals surface area (Å²) < 4.78 is 5.90. The zero-order chi connectivity index (χ0) is 25.9. The van der Waals surface area contributed by atoms with Crippen LogP contribution in [-0.2, 0) is 6.42 Å². The van der Waals surface area contributed by atoms with Crippen molar-refractivity contribution in [1.82, 2.24) is 0 Å². The van der Waals surface area contributed by atoms with Crippen molar-refractivity contribution in [2.45, 2.75) is 122 Å². The monoisotopic (exact) mass is 536 g/mol. The summed E-state index contributed by atoms with van der Waals surface area (Å²) in [6.07, 6.45) is 20.7. The van der Waals surface area contributed by atoms with Crippen LogP contribution in [0.1, 0.15) is 127 Å². The number of benzene rings is 2. The largest absolute Gasteiger partial charge is 0.396 e. The lowest BCUT2D eigenvalue weighted by molar-refractivity contribution is 0.281. The van der Waals surface area contributed by atoms with Crippen LogP contribution in [0.4, 0.5) is 0 Å². The van der Waals surface area contributed by atoms with Gasteiger partial charge < -0.3 is 5.11 Å². The van der Waals surface area contributed by atoms with Crippen molar-refractivity contribution < 1.29 is 5.11 Å². The third kappa shape index (κ3) is 7.80. The van der Waals surface area contributed by atoms with Crippen LogP contribution in [-0.4, -0.2) is 11.7 Å². The predicted molar refractivity (Wildman–Crippen MR) is 169 cm³/mol. The predicted octanol–water partition coefficient (Wildman–Crippen LogP) is 11.8. The Morgan fingerprint density at radius 1 is 0.622 bits per heavy atom. The van der Waals surface area contributed by atoms with E-state index in [2.05, 4.69) is 50.2 Å². The number of hydrogen-bond donors (Lipinski definition) is 1. The Balaban J connectivity index is 1.43. The Labute approximate surface area is 233 Å². The molecule has 0 aliphatic heterocycles. The number of aliphatic hydroxyl groups excluding tert-OH is 1. The van der Waals surface area contributed by atoms with E-state index in [0.29, 0.717) is 12.5 Å². The second kappa shape index (κ2) is 15.2. The quantitative estimate of drug-likeness (QED) is 0.125. The lowest BCUT2D eigenvalue weighted by Crippen LogP contribution is -1.99. The first kappa shape index (κ1) is 28.6. The van der Waals surface area contributed by atoms with E-state index in [0.717, 1.165) is 12.8 Å². The maximum absolute atomic E-state index is 9.14. The first-order valence-corrected chi connectivity index (χ1v) is 16.9. The van der Waals surface area contributed by atoms with Gasteiger partial charge in [-0.2, -0.15) is 0 Å². The van der Waals surface area contributed by atoms with E-state index in [-0.39, 0.29) is 0 Å². The molecule has 1 nitrogen and oxygen atoms in total. The van der Waals surface area contributed by atoms with E-state index in [1.54, 1.807) is 0 Å². The Hall–Kier alpha value is -1.42. The Morgan fingerprint density at radius 2 is 1.22 bits per heavy atom. The Morgan fingerprint density at radius 3 is 1.92 bits per heavy atom. The van der Waals surface area contributed by atoms with Crippen LogP contribution >= 0.6 is 22.7 Å². The van der Waals surface area contributed by atoms with Crippen molar-refractivity contribution in [2.75, 3.05) is 6.61 Å². The highest BCUT2D eigenvalue weighted by atomic mass is 32.1. The first-order valence-electron chi connectivity index (χ1n) is 15.2. The second-order valence-corrected chi connectivity index (χ2v) is 13.2. The van der Waals surface area contributed by atoms with Crippen molar-refractivity contribution in [2.24, 2.45) is 0 Å². The second-order valence-electron chi connectivity index (χ2n) is 11.1. The van der Waals surface area contributed by atoms with E-state index >= 15 is 0 Å². The average Bonchev–Trinajstić information content (AvgIpc) is 3.45. The summed E-state index contributed by atoms with van der Waals surface area (Å²) in [5, 5.41) is 12.0. The van der Waals surface area contributed by atoms with Crippen LogP contribution in [0.25, 0.3) is 29.6 Å². The number of thiophene rings is 2. The molecule has 0 amide bonds. The Bertz CT molecular complexity index is 1220. The normalized spacial score (nSPS) is 12.8. The highest BCUT2D eigenvalue weighted by molar-refractivity contribution is 7.36. The molecule has 4 rings (SSSR count). The number of unbranched alkanes of at least 4 members (excludes halogenated alkanes) is 10. The zero-order valence-electron chi connectivity index (χ0n) is 23.3. The molecule has 1 N–H and O–H groups in total. The molecule has 1 atom stereocenters. The number of hydrogen-bond acceptors (Lipinski definition) is 3. The van der Waals surface area contributed by atoms with E-state index in [1.807, 2.05) is 22.7 Å². The maximum Gasteiger partial charge on any atom is 0.0542 e. The van der Waals surface area contributed by atoms with Gasteiger partial charge in [0.05, 0.1) is 9.40 Å². The van der Waals surface area contributed by atoms with Gasteiger partial charge in [-0.1, -0.05) is 109 Å². The lowest BCUT2D eigenvalue weighted by atomic mass is 9.88. The van der Waals surface area contributed by atoms with Crippen molar-refractivity contribution in [1.29, 1.82) is 0 Å². The molecule has 1 unspecified atom stereocenters. The molecule has 0 saturated heterocycles. The Kier molecular flexibility index (Phi) is 11.8. The molecule has 0 radical (unpaired) electrons. The van der Waals surface area contributed by atoms with Crippen LogP contribution in [0.5, 0.6) is 0 Å². The van der Waals surface area contributed by atoms with Gasteiger partial charge in [0.2, 0.25) is 0 Å². The van der Waals surface area contributed by atoms with E-state index < -0.39 is 0 Å². The molecule has 0 bridgehead atoms. The van der Waals surface area contributed by atoms with Crippen LogP contribution in [0.3, 0.4) is 0 Å². The summed E-state index contributed by atoms with van der Waals surface area (Å²) in [6.45, 7) is 4.92. The summed E-state index contributed by atoms with van der Waals surface area (Å²) in [6, 6.07) is 14.6. The minimum Gasteiger partial charge on any atom is -0.396 e. The highest BCUT2D eigenvalue weighted by Crippen LogP contribution is 2.45. The molecular formula is C34H48OS2. The molecule has 3 heteroatoms. The fourth-order valence-corrected chi connectivity index (χ4v) is 8.56. The van der Waals surface area contributed by atoms with Gasteiger partial charge in [0, 0.05) is 26.8 Å². The molecule has 2 aromatic carbocycles. The zero-order valence-corrected chi connectivity index (χ0v) is 25.0. The molecule has 0 spiro atoms. The van der Waals surface area contributed by atoms with E-state index in [1.165, 1.54) is 131 Å². The van der Waals surface area contributed by atoms with Crippen molar-refractivity contribution >= 4 is 52.2 Å². The van der Waals surface area contributed by atoms with Gasteiger partial charge in [-0.15, -0.1) is 22.7 Å². The highest BCUT2D eigenvalue weighted by Gasteiger charge is 2.16. The number of rotatable bonds is 18. The summed E-state index contributed by atoms with van der Waals surface area (Å²) in [5.74, 6) is 0.652. The third-order valence-corrected chi connectivity index (χ3v) is 10.6. The van der Waals surface area contributed by atoms with Gasteiger partial charge in [0.15, 0.2) is 0 Å². The van der Waals surface area contributed by atoms with Gasteiger partial charge in [0.25, 0.3) is 0 Å². The number of aryl methyl sites for hydroxylation is 1. The molecule has 4 aromatic rings. The lowest BCUT2D eigenvalue weighted by Gasteiger charge is -2.17. The fraction of sp³-hybridized carbons (Fsp3) is 0.588. The smallest absolute Gasteiger partial charge is 0.0542 e. The van der Waals surface area contributed by atoms with E-state index in [9.17, 15) is 0 Å². The van der Waals surface area contributed by atoms with Gasteiger partial charge >= 0.3 is 0 Å². The van der Waals surface area contributed by atoms with E-state index in [4.69, 9.17) is 5.11 Å². The minimum atomic E-state index is 0.326. The van der Waals surface area contributed by atoms with Crippen molar-refractivity contribution in [3.63, 3.8) is 0 Å². The fourth-order valence-electron chi connectivity index (χ4n) is 5.80. The summed E-state index contributed by atoms with van der Waals surface area (Å²) in [7, 11) is 0. The van der Waals surface area contributed by atoms with Gasteiger partial charge in [-0.3, -0.25) is 0 Å². The number of fused-ring (bicyclic) bond motifs is 5. The summed E-state index contributed by atoms with van der Waals surface area (Å²) >= 11 is 4.00. The minimum absolute atomic E-state index is 0.326. The maximum atomic E-state index is 9.14. The first-order chi connectivity index (χ1) is 18.2. The van der Waals surface area contributed by atoms with Crippen LogP contribution < -0.4 is 0 Å². The van der Waals surface area contributed by atoms with Crippen LogP contribution in [0, 0.1) is 0 Å². The van der Waals surface area contributed by atoms with Gasteiger partial charge in [0.1, 0.15) is 0 Å². The molecule has 37 heavy (non-hydrogen) atoms. The molecule has 2 heterocycles. The third-order valence-electron chi connectivity index (χ3n) is 8.08. The summed E-state index contributed by atoms with van der Waals surface area (Å²) in [4.78, 5) is 0. The molecule has 0 saturated carbocycles. The van der Waals surface area contributed by atoms with Crippen LogP contribution in [0.15, 0.2) is 36.4 Å². The molecule has 0 fully saturated rings. The summed E-state index contributed by atoms with van der Waals surface area (Å²) in [5.41, 5.74) is 3.04. The van der Waals surface area contributed by atoms with Gasteiger partial charge in [-0.05, 0) is 61.3 Å². The van der Waals surface area contributed by atoms with Crippen molar-refractivity contribution in [3.05, 3.63) is 47.5 Å². The SMILES string of the molecule is CCCCCCCCCCc1ccc2c(c1)sc1c3ccc(C(CCCC)CCCCCO)cc3sc21. The van der Waals surface area contributed by atoms with Gasteiger partial charge in [-0.25, -0.2) is 0 Å². The number of aliphatic hydroxyl groups is 1. The molecule has 2 aromatic heterocycles. The molecule has 0 aliphatic rings. The average molecular weight is 537 g/mol. The molecule has 0 aliphatic carbocycles. The topological polar surface area (TPSA) is 20.2 Å².